The van der Waals surface area contributed by atoms with E-state index in [0.717, 1.165) is 106 Å². The molecule has 0 aliphatic rings. The predicted octanol–water partition coefficient (Wildman–Crippen LogP) is 17.0. The minimum Gasteiger partial charge on any atom is -0.462 e. The number of aromatic nitrogens is 2. The summed E-state index contributed by atoms with van der Waals surface area (Å²) in [7, 11) is 0. The Morgan fingerprint density at radius 2 is 0.688 bits per heavy atom. The highest BCUT2D eigenvalue weighted by atomic mass is 16.5. The molecule has 2 heterocycles. The van der Waals surface area contributed by atoms with Gasteiger partial charge >= 0.3 is 11.9 Å². The van der Waals surface area contributed by atoms with Gasteiger partial charge < -0.3 is 23.5 Å². The fraction of sp³-hybridized carbons (Fsp3) is 0.0857. The molecule has 0 aliphatic carbocycles. The van der Waals surface area contributed by atoms with Gasteiger partial charge in [0.2, 0.25) is 0 Å². The summed E-state index contributed by atoms with van der Waals surface area (Å²) in [6, 6.07) is 85.3. The smallest absolute Gasteiger partial charge is 0.340 e. The molecule has 0 bridgehead atoms. The second kappa shape index (κ2) is 21.3. The van der Waals surface area contributed by atoms with E-state index < -0.39 is 11.9 Å². The Balaban J connectivity index is 1.24. The van der Waals surface area contributed by atoms with Crippen molar-refractivity contribution in [2.24, 2.45) is 0 Å². The Hall–Kier alpha value is -9.72. The molecule has 0 amide bonds. The van der Waals surface area contributed by atoms with Crippen LogP contribution in [0.15, 0.2) is 249 Å². The second-order valence-corrected chi connectivity index (χ2v) is 19.0. The summed E-state index contributed by atoms with van der Waals surface area (Å²) in [6.45, 7) is 4.42. The van der Waals surface area contributed by atoms with Gasteiger partial charge in [-0.05, 0) is 70.5 Å². The van der Waals surface area contributed by atoms with Crippen molar-refractivity contribution in [1.82, 2.24) is 9.13 Å². The number of carbonyl (C=O) groups excluding carboxylic acids is 2. The average Bonchev–Trinajstić information content (AvgIpc) is 4.06. The number of esters is 2. The molecule has 12 aromatic rings. The van der Waals surface area contributed by atoms with Crippen LogP contribution in [0.3, 0.4) is 0 Å². The minimum atomic E-state index is -0.431. The van der Waals surface area contributed by atoms with Gasteiger partial charge in [0, 0.05) is 33.0 Å². The number of nitrogens with zero attached hydrogens (tertiary/aromatic N) is 3. The van der Waals surface area contributed by atoms with E-state index in [1.165, 1.54) is 0 Å². The van der Waals surface area contributed by atoms with Crippen LogP contribution in [-0.2, 0) is 22.6 Å². The number of benzene rings is 10. The fourth-order valence-corrected chi connectivity index (χ4v) is 11.3. The van der Waals surface area contributed by atoms with Crippen LogP contribution in [0, 0.1) is 0 Å². The van der Waals surface area contributed by atoms with Gasteiger partial charge in [-0.3, -0.25) is 0 Å². The van der Waals surface area contributed by atoms with Gasteiger partial charge in [0.05, 0.1) is 71.6 Å². The Labute approximate surface area is 448 Å². The van der Waals surface area contributed by atoms with Gasteiger partial charge in [0.25, 0.3) is 0 Å². The number of ether oxygens (including phenoxy) is 2. The molecular formula is C70H55N3O4. The summed E-state index contributed by atoms with van der Waals surface area (Å²) in [5.41, 5.74) is 11.9. The number of hydrogen-bond acceptors (Lipinski definition) is 5. The molecule has 0 fully saturated rings. The molecule has 7 nitrogen and oxygen atoms in total. The Morgan fingerprint density at radius 3 is 1.09 bits per heavy atom. The van der Waals surface area contributed by atoms with Gasteiger partial charge in [-0.2, -0.15) is 0 Å². The highest BCUT2D eigenvalue weighted by Crippen LogP contribution is 2.47. The van der Waals surface area contributed by atoms with Crippen LogP contribution in [0.4, 0.5) is 5.69 Å². The lowest BCUT2D eigenvalue weighted by Crippen LogP contribution is -2.28. The molecule has 0 N–H and O–H groups in total. The fourth-order valence-electron chi connectivity index (χ4n) is 11.3. The summed E-state index contributed by atoms with van der Waals surface area (Å²) >= 11 is 0. The molecule has 0 spiro atoms. The first-order chi connectivity index (χ1) is 38.0. The number of hydrogen-bond donors (Lipinski definition) is 0. The molecule has 0 aliphatic heterocycles. The first-order valence-electron chi connectivity index (χ1n) is 26.3. The van der Waals surface area contributed by atoms with E-state index in [4.69, 9.17) is 9.47 Å². The number of carbonyl (C=O) groups is 2. The largest absolute Gasteiger partial charge is 0.462 e. The van der Waals surface area contributed by atoms with Crippen LogP contribution < -0.4 is 4.90 Å². The van der Waals surface area contributed by atoms with E-state index in [0.29, 0.717) is 11.1 Å². The third kappa shape index (κ3) is 8.91. The molecule has 2 aromatic heterocycles. The molecule has 374 valence electrons. The van der Waals surface area contributed by atoms with Crippen molar-refractivity contribution >= 4 is 49.9 Å². The van der Waals surface area contributed by atoms with E-state index in [-0.39, 0.29) is 26.3 Å². The summed E-state index contributed by atoms with van der Waals surface area (Å²) < 4.78 is 17.0. The van der Waals surface area contributed by atoms with E-state index in [1.807, 2.05) is 86.6 Å². The Bertz CT molecular complexity index is 3860. The highest BCUT2D eigenvalue weighted by molar-refractivity contribution is 6.07. The molecule has 7 heteroatoms. The van der Waals surface area contributed by atoms with Crippen LogP contribution in [0.2, 0.25) is 0 Å². The van der Waals surface area contributed by atoms with E-state index in [9.17, 15) is 0 Å². The van der Waals surface area contributed by atoms with E-state index >= 15 is 9.59 Å². The average molecular weight is 1000 g/mol. The van der Waals surface area contributed by atoms with Crippen molar-refractivity contribution in [2.75, 3.05) is 18.1 Å². The van der Waals surface area contributed by atoms with Crippen LogP contribution in [-0.4, -0.2) is 34.3 Å². The van der Waals surface area contributed by atoms with Crippen LogP contribution in [0.5, 0.6) is 0 Å². The maximum Gasteiger partial charge on any atom is 0.340 e. The quantitative estimate of drug-likeness (QED) is 0.0958. The molecule has 0 unspecified atom stereocenters. The zero-order valence-electron chi connectivity index (χ0n) is 43.0. The first-order valence-corrected chi connectivity index (χ1v) is 26.3. The normalized spacial score (nSPS) is 11.3. The number of rotatable bonds is 15. The van der Waals surface area contributed by atoms with Crippen molar-refractivity contribution in [3.05, 3.63) is 271 Å². The maximum atomic E-state index is 15.5. The minimum absolute atomic E-state index is 0.172. The molecular weight excluding hydrogens is 947 g/mol. The first kappa shape index (κ1) is 48.2. The Morgan fingerprint density at radius 1 is 0.364 bits per heavy atom. The SMILES string of the molecule is CCOC(=O)c1c(-c2ccccc2)c(-c2ccccc2)n(-c2cccc3ccccc23)c1CN(Cc1c(C(=O)OCC)c(-c2ccccc2)c(-c2ccccc2)n1-c1cccc2ccccc12)c1cccc2ccccc12. The summed E-state index contributed by atoms with van der Waals surface area (Å²) in [5, 5.41) is 6.21. The maximum absolute atomic E-state index is 15.5. The number of anilines is 1. The van der Waals surface area contributed by atoms with Crippen molar-refractivity contribution in [3.8, 4) is 56.1 Å². The molecule has 12 rings (SSSR count). The van der Waals surface area contributed by atoms with Crippen molar-refractivity contribution in [3.63, 3.8) is 0 Å². The van der Waals surface area contributed by atoms with Crippen molar-refractivity contribution in [2.45, 2.75) is 26.9 Å². The molecule has 77 heavy (non-hydrogen) atoms. The molecule has 0 saturated heterocycles. The lowest BCUT2D eigenvalue weighted by molar-refractivity contribution is 0.0516. The zero-order chi connectivity index (χ0) is 52.2. The summed E-state index contributed by atoms with van der Waals surface area (Å²) in [6.07, 6.45) is 0. The van der Waals surface area contributed by atoms with Crippen LogP contribution in [0.25, 0.3) is 88.5 Å². The molecule has 0 saturated carbocycles. The monoisotopic (exact) mass is 1000 g/mol. The van der Waals surface area contributed by atoms with Crippen molar-refractivity contribution < 1.29 is 19.1 Å². The molecule has 0 atom stereocenters. The third-order valence-electron chi connectivity index (χ3n) is 14.5. The lowest BCUT2D eigenvalue weighted by Gasteiger charge is -2.29. The summed E-state index contributed by atoms with van der Waals surface area (Å²) in [4.78, 5) is 33.3. The summed E-state index contributed by atoms with van der Waals surface area (Å²) in [5.74, 6) is -0.862. The molecule has 0 radical (unpaired) electrons. The standard InChI is InChI=1S/C70H55N3O4/c1-3-76-69(74)65-61(72(59-44-24-38-49-27-18-21-41-56(49)59)67(53-33-13-7-14-34-53)63(65)51-29-9-5-10-30-51)46-71(58-43-23-37-48-26-17-20-40-55(48)58)47-62-66(70(75)77-4-2)64(52-31-11-6-12-32-52)68(54-35-15-8-16-36-54)73(62)60-45-25-39-50-28-19-22-42-57(50)60/h5-45H,3-4,46-47H2,1-2H3. The Kier molecular flexibility index (Phi) is 13.3. The van der Waals surface area contributed by atoms with Crippen molar-refractivity contribution in [1.29, 1.82) is 0 Å². The topological polar surface area (TPSA) is 65.7 Å². The predicted molar refractivity (Wildman–Crippen MR) is 314 cm³/mol. The lowest BCUT2D eigenvalue weighted by atomic mass is 9.96. The van der Waals surface area contributed by atoms with Gasteiger partial charge in [0.15, 0.2) is 0 Å². The third-order valence-corrected chi connectivity index (χ3v) is 14.5. The van der Waals surface area contributed by atoms with Gasteiger partial charge in [-0.1, -0.05) is 231 Å². The van der Waals surface area contributed by atoms with Crippen LogP contribution in [0.1, 0.15) is 46.0 Å². The molecule has 10 aromatic carbocycles. The highest BCUT2D eigenvalue weighted by Gasteiger charge is 2.36. The van der Waals surface area contributed by atoms with E-state index in [2.05, 4.69) is 190 Å². The van der Waals surface area contributed by atoms with Gasteiger partial charge in [0.1, 0.15) is 0 Å². The second-order valence-electron chi connectivity index (χ2n) is 19.0. The van der Waals surface area contributed by atoms with E-state index in [1.54, 1.807) is 0 Å². The van der Waals surface area contributed by atoms with Gasteiger partial charge in [-0.15, -0.1) is 0 Å². The van der Waals surface area contributed by atoms with Crippen LogP contribution >= 0.6 is 0 Å². The zero-order valence-corrected chi connectivity index (χ0v) is 43.0. The van der Waals surface area contributed by atoms with Gasteiger partial charge in [-0.25, -0.2) is 9.59 Å². The number of fused-ring (bicyclic) bond motifs is 3.